The number of aliphatic hydroxyl groups is 1. The third-order valence-corrected chi connectivity index (χ3v) is 1.84. The van der Waals surface area contributed by atoms with Gasteiger partial charge in [0.25, 0.3) is 0 Å². The molecule has 13 heavy (non-hydrogen) atoms. The molecular formula is C8H16ClNO3. The van der Waals surface area contributed by atoms with Crippen LogP contribution in [0.5, 0.6) is 0 Å². The highest BCUT2D eigenvalue weighted by Gasteiger charge is 2.17. The Kier molecular flexibility index (Phi) is 6.94. The van der Waals surface area contributed by atoms with Gasteiger partial charge in [-0.2, -0.15) is 0 Å². The number of hydrogen-bond acceptors (Lipinski definition) is 4. The molecule has 0 aromatic rings. The van der Waals surface area contributed by atoms with Crippen molar-refractivity contribution in [2.45, 2.75) is 37.8 Å². The Balaban J connectivity index is 3.64. The van der Waals surface area contributed by atoms with Crippen molar-refractivity contribution in [1.82, 2.24) is 0 Å². The molecule has 0 aromatic heterocycles. The molecule has 1 unspecified atom stereocenters. The van der Waals surface area contributed by atoms with E-state index in [0.29, 0.717) is 6.42 Å². The van der Waals surface area contributed by atoms with Gasteiger partial charge in [-0.25, -0.2) is 0 Å². The summed E-state index contributed by atoms with van der Waals surface area (Å²) in [5, 5.41) is 8.53. The quantitative estimate of drug-likeness (QED) is 0.497. The Morgan fingerprint density at radius 1 is 1.69 bits per heavy atom. The number of halogens is 1. The minimum atomic E-state index is -0.983. The summed E-state index contributed by atoms with van der Waals surface area (Å²) in [7, 11) is 0. The molecule has 0 aliphatic carbocycles. The zero-order valence-electron chi connectivity index (χ0n) is 7.70. The van der Waals surface area contributed by atoms with Crippen LogP contribution in [-0.2, 0) is 9.53 Å². The summed E-state index contributed by atoms with van der Waals surface area (Å²) in [4.78, 5) is 11.0. The first-order valence-electron chi connectivity index (χ1n) is 4.32. The van der Waals surface area contributed by atoms with Crippen LogP contribution >= 0.6 is 11.6 Å². The number of nitrogens with two attached hydrogens (primary N) is 1. The van der Waals surface area contributed by atoms with Gasteiger partial charge < -0.3 is 15.6 Å². The average molecular weight is 210 g/mol. The number of ether oxygens (including phenoxy) is 1. The number of esters is 1. The van der Waals surface area contributed by atoms with E-state index in [4.69, 9.17) is 27.2 Å². The molecule has 78 valence electrons. The molecule has 0 aliphatic heterocycles. The normalized spacial score (nSPS) is 15.1. The van der Waals surface area contributed by atoms with Gasteiger partial charge in [0, 0.05) is 0 Å². The van der Waals surface area contributed by atoms with Gasteiger partial charge in [0.05, 0.1) is 6.61 Å². The van der Waals surface area contributed by atoms with Gasteiger partial charge in [-0.05, 0) is 12.8 Å². The highest BCUT2D eigenvalue weighted by atomic mass is 35.5. The predicted octanol–water partition coefficient (Wildman–Crippen LogP) is 0.604. The van der Waals surface area contributed by atoms with Crippen molar-refractivity contribution in [2.24, 2.45) is 5.73 Å². The molecule has 0 fully saturated rings. The minimum Gasteiger partial charge on any atom is -0.445 e. The molecule has 5 heteroatoms. The van der Waals surface area contributed by atoms with Crippen LogP contribution in [0.25, 0.3) is 0 Å². The second-order valence-electron chi connectivity index (χ2n) is 2.78. The van der Waals surface area contributed by atoms with E-state index in [-0.39, 0.29) is 0 Å². The van der Waals surface area contributed by atoms with Crippen molar-refractivity contribution in [3.63, 3.8) is 0 Å². The lowest BCUT2D eigenvalue weighted by molar-refractivity contribution is -0.148. The Bertz CT molecular complexity index is 154. The summed E-state index contributed by atoms with van der Waals surface area (Å²) in [6.45, 7) is 1.60. The van der Waals surface area contributed by atoms with Crippen LogP contribution in [0.2, 0.25) is 0 Å². The van der Waals surface area contributed by atoms with Crippen LogP contribution < -0.4 is 5.73 Å². The van der Waals surface area contributed by atoms with Crippen molar-refractivity contribution in [3.8, 4) is 0 Å². The third kappa shape index (κ3) is 5.85. The van der Waals surface area contributed by atoms with E-state index in [1.165, 1.54) is 0 Å². The molecule has 0 amide bonds. The summed E-state index contributed by atoms with van der Waals surface area (Å²) >= 11 is 5.68. The molecule has 0 spiro atoms. The summed E-state index contributed by atoms with van der Waals surface area (Å²) in [6.07, 6.45) is 2.50. The minimum absolute atomic E-state index is 0.420. The van der Waals surface area contributed by atoms with Crippen molar-refractivity contribution in [2.75, 3.05) is 6.61 Å². The maximum Gasteiger partial charge on any atom is 0.326 e. The molecule has 0 saturated carbocycles. The van der Waals surface area contributed by atoms with E-state index in [1.807, 2.05) is 6.92 Å². The Morgan fingerprint density at radius 3 is 2.77 bits per heavy atom. The van der Waals surface area contributed by atoms with E-state index < -0.39 is 24.2 Å². The number of unbranched alkanes of at least 4 members (excludes halogenated alkanes) is 1. The fourth-order valence-corrected chi connectivity index (χ4v) is 0.954. The van der Waals surface area contributed by atoms with Gasteiger partial charge >= 0.3 is 5.97 Å². The van der Waals surface area contributed by atoms with Crippen LogP contribution in [0.1, 0.15) is 26.2 Å². The highest BCUT2D eigenvalue weighted by molar-refractivity contribution is 6.20. The van der Waals surface area contributed by atoms with E-state index in [2.05, 4.69) is 0 Å². The van der Waals surface area contributed by atoms with Crippen LogP contribution in [0.4, 0.5) is 0 Å². The fraction of sp³-hybridized carbons (Fsp3) is 0.875. The van der Waals surface area contributed by atoms with E-state index in [1.54, 1.807) is 0 Å². The summed E-state index contributed by atoms with van der Waals surface area (Å²) in [6, 6.07) is -0.983. The fourth-order valence-electron chi connectivity index (χ4n) is 0.712. The van der Waals surface area contributed by atoms with Gasteiger partial charge in [0.2, 0.25) is 0 Å². The molecule has 0 aliphatic rings. The molecular weight excluding hydrogens is 194 g/mol. The lowest BCUT2D eigenvalue weighted by Crippen LogP contribution is -2.36. The molecule has 0 heterocycles. The first-order valence-corrected chi connectivity index (χ1v) is 4.76. The third-order valence-electron chi connectivity index (χ3n) is 1.53. The number of hydrogen-bond donors (Lipinski definition) is 2. The van der Waals surface area contributed by atoms with Crippen molar-refractivity contribution in [1.29, 1.82) is 0 Å². The van der Waals surface area contributed by atoms with Gasteiger partial charge in [0.15, 0.2) is 5.56 Å². The van der Waals surface area contributed by atoms with Gasteiger partial charge in [0.1, 0.15) is 6.04 Å². The van der Waals surface area contributed by atoms with Gasteiger partial charge in [-0.1, -0.05) is 24.9 Å². The van der Waals surface area contributed by atoms with Crippen LogP contribution in [-0.4, -0.2) is 29.3 Å². The maximum absolute atomic E-state index is 11.0. The lowest BCUT2D eigenvalue weighted by Gasteiger charge is -2.13. The van der Waals surface area contributed by atoms with E-state index >= 15 is 0 Å². The average Bonchev–Trinajstić information content (AvgIpc) is 2.13. The van der Waals surface area contributed by atoms with Gasteiger partial charge in [-0.3, -0.25) is 4.79 Å². The van der Waals surface area contributed by atoms with Crippen LogP contribution in [0.15, 0.2) is 0 Å². The van der Waals surface area contributed by atoms with Crippen molar-refractivity contribution < 1.29 is 14.6 Å². The topological polar surface area (TPSA) is 72.5 Å². The number of carbonyl (C=O) groups excluding carboxylic acids is 1. The second-order valence-corrected chi connectivity index (χ2v) is 3.27. The van der Waals surface area contributed by atoms with Gasteiger partial charge in [-0.15, -0.1) is 0 Å². The number of aliphatic hydroxyl groups excluding tert-OH is 1. The molecule has 4 nitrogen and oxygen atoms in total. The summed E-state index contributed by atoms with van der Waals surface area (Å²) in [5.41, 5.74) is 4.58. The SMILES string of the molecule is CCCCC(Cl)OC(=O)[C@@H](N)CO. The Morgan fingerprint density at radius 2 is 2.31 bits per heavy atom. The van der Waals surface area contributed by atoms with Crippen molar-refractivity contribution >= 4 is 17.6 Å². The predicted molar refractivity (Wildman–Crippen MR) is 50.3 cm³/mol. The molecule has 0 saturated heterocycles. The maximum atomic E-state index is 11.0. The molecule has 3 N–H and O–H groups in total. The Hall–Kier alpha value is -0.320. The number of alkyl halides is 1. The smallest absolute Gasteiger partial charge is 0.326 e. The number of carbonyl (C=O) groups is 1. The second kappa shape index (κ2) is 7.12. The molecule has 0 rings (SSSR count). The van der Waals surface area contributed by atoms with Crippen LogP contribution in [0, 0.1) is 0 Å². The van der Waals surface area contributed by atoms with E-state index in [0.717, 1.165) is 12.8 Å². The molecule has 2 atom stereocenters. The standard InChI is InChI=1S/C8H16ClNO3/c1-2-3-4-7(9)13-8(12)6(10)5-11/h6-7,11H,2-5,10H2,1H3/t6-,7?/m0/s1. The first kappa shape index (κ1) is 12.7. The summed E-state index contributed by atoms with van der Waals surface area (Å²) in [5.74, 6) is -0.654. The van der Waals surface area contributed by atoms with Crippen LogP contribution in [0.3, 0.4) is 0 Å². The molecule has 0 radical (unpaired) electrons. The number of rotatable bonds is 6. The monoisotopic (exact) mass is 209 g/mol. The van der Waals surface area contributed by atoms with E-state index in [9.17, 15) is 4.79 Å². The zero-order valence-corrected chi connectivity index (χ0v) is 8.46. The van der Waals surface area contributed by atoms with Crippen molar-refractivity contribution in [3.05, 3.63) is 0 Å². The summed E-state index contributed by atoms with van der Waals surface area (Å²) < 4.78 is 4.75. The first-order chi connectivity index (χ1) is 6.11. The molecule has 0 bridgehead atoms. The largest absolute Gasteiger partial charge is 0.445 e. The molecule has 0 aromatic carbocycles. The zero-order chi connectivity index (χ0) is 10.3. The lowest BCUT2D eigenvalue weighted by atomic mass is 10.2. The Labute approximate surface area is 83.0 Å². The highest BCUT2D eigenvalue weighted by Crippen LogP contribution is 2.09.